The van der Waals surface area contributed by atoms with Crippen LogP contribution < -0.4 is 19.5 Å². The van der Waals surface area contributed by atoms with Crippen molar-refractivity contribution in [3.63, 3.8) is 0 Å². The van der Waals surface area contributed by atoms with Crippen LogP contribution in [0.15, 0.2) is 53.0 Å². The van der Waals surface area contributed by atoms with Gasteiger partial charge in [0.05, 0.1) is 4.91 Å². The normalized spacial score (nSPS) is 19.3. The van der Waals surface area contributed by atoms with Crippen molar-refractivity contribution in [2.24, 2.45) is 0 Å². The number of hydrogen-bond acceptors (Lipinski definition) is 6. The van der Waals surface area contributed by atoms with Crippen LogP contribution in [-0.2, 0) is 11.2 Å². The van der Waals surface area contributed by atoms with Gasteiger partial charge >= 0.3 is 0 Å². The molecule has 6 nitrogen and oxygen atoms in total. The topological polar surface area (TPSA) is 73.9 Å². The van der Waals surface area contributed by atoms with Crippen LogP contribution in [0.5, 0.6) is 17.2 Å². The minimum absolute atomic E-state index is 0.340. The van der Waals surface area contributed by atoms with Crippen molar-refractivity contribution >= 4 is 39.8 Å². The number of imide groups is 1. The zero-order valence-electron chi connectivity index (χ0n) is 23.9. The third-order valence-electron chi connectivity index (χ3n) is 7.60. The van der Waals surface area contributed by atoms with Crippen molar-refractivity contribution in [3.8, 4) is 17.2 Å². The first-order valence-electron chi connectivity index (χ1n) is 13.5. The van der Waals surface area contributed by atoms with Crippen molar-refractivity contribution in [2.75, 3.05) is 13.2 Å². The lowest BCUT2D eigenvalue weighted by molar-refractivity contribution is -0.115. The first-order chi connectivity index (χ1) is 19.0. The number of benzene rings is 3. The fourth-order valence-electron chi connectivity index (χ4n) is 5.12. The second-order valence-electron chi connectivity index (χ2n) is 11.1. The standard InChI is InChI=1S/C33H35NO5S/c1-19(2)12-14-37-29-20(3)21(4)30-27(22(29)5)11-13-33(6,39-30)18-38-26-10-9-24-15-23(7-8-25(24)17-26)16-28-31(35)34-32(36)40-28/h7-10,12,15-17H,11,13-14,18H2,1-6H3,(H,34,35,36). The predicted molar refractivity (Wildman–Crippen MR) is 161 cm³/mol. The Kier molecular flexibility index (Phi) is 7.69. The number of carbonyl (C=O) groups is 2. The van der Waals surface area contributed by atoms with Gasteiger partial charge in [0.2, 0.25) is 0 Å². The Bertz CT molecular complexity index is 1580. The van der Waals surface area contributed by atoms with Gasteiger partial charge in [-0.05, 0) is 130 Å². The average Bonchev–Trinajstić information content (AvgIpc) is 3.23. The second kappa shape index (κ2) is 11.0. The van der Waals surface area contributed by atoms with Crippen LogP contribution in [0.25, 0.3) is 16.8 Å². The molecule has 1 fully saturated rings. The van der Waals surface area contributed by atoms with E-state index in [0.717, 1.165) is 74.9 Å². The highest BCUT2D eigenvalue weighted by molar-refractivity contribution is 8.18. The van der Waals surface area contributed by atoms with E-state index in [1.165, 1.54) is 11.1 Å². The van der Waals surface area contributed by atoms with Crippen molar-refractivity contribution in [3.05, 3.63) is 80.8 Å². The van der Waals surface area contributed by atoms with Gasteiger partial charge in [-0.1, -0.05) is 23.8 Å². The maximum Gasteiger partial charge on any atom is 0.290 e. The first-order valence-corrected chi connectivity index (χ1v) is 14.3. The molecule has 3 aromatic carbocycles. The minimum atomic E-state index is -0.455. The van der Waals surface area contributed by atoms with Crippen molar-refractivity contribution in [1.29, 1.82) is 0 Å². The van der Waals surface area contributed by atoms with Gasteiger partial charge in [-0.3, -0.25) is 14.9 Å². The van der Waals surface area contributed by atoms with Crippen LogP contribution >= 0.6 is 11.8 Å². The summed E-state index contributed by atoms with van der Waals surface area (Å²) in [5, 5.41) is 4.00. The van der Waals surface area contributed by atoms with E-state index in [9.17, 15) is 9.59 Å². The first kappa shape index (κ1) is 27.8. The number of hydrogen-bond donors (Lipinski definition) is 1. The van der Waals surface area contributed by atoms with Crippen molar-refractivity contribution in [1.82, 2.24) is 5.32 Å². The third kappa shape index (κ3) is 5.75. The monoisotopic (exact) mass is 557 g/mol. The predicted octanol–water partition coefficient (Wildman–Crippen LogP) is 7.60. The highest BCUT2D eigenvalue weighted by atomic mass is 32.2. The number of thioether (sulfide) groups is 1. The number of fused-ring (bicyclic) bond motifs is 2. The number of carbonyl (C=O) groups excluding carboxylic acids is 2. The molecule has 1 saturated heterocycles. The largest absolute Gasteiger partial charge is 0.489 e. The summed E-state index contributed by atoms with van der Waals surface area (Å²) >= 11 is 0.920. The highest BCUT2D eigenvalue weighted by Crippen LogP contribution is 2.44. The van der Waals surface area contributed by atoms with E-state index in [1.54, 1.807) is 6.08 Å². The maximum absolute atomic E-state index is 11.9. The fourth-order valence-corrected chi connectivity index (χ4v) is 5.80. The molecule has 0 bridgehead atoms. The summed E-state index contributed by atoms with van der Waals surface area (Å²) in [6.07, 6.45) is 5.58. The maximum atomic E-state index is 11.9. The van der Waals surface area contributed by atoms with Gasteiger partial charge in [-0.15, -0.1) is 0 Å². The molecule has 0 aromatic heterocycles. The number of nitrogens with one attached hydrogen (secondary N) is 1. The summed E-state index contributed by atoms with van der Waals surface area (Å²) in [7, 11) is 0. The lowest BCUT2D eigenvalue weighted by Crippen LogP contribution is -2.42. The van der Waals surface area contributed by atoms with Crippen LogP contribution in [-0.4, -0.2) is 30.0 Å². The van der Waals surface area contributed by atoms with E-state index >= 15 is 0 Å². The summed E-state index contributed by atoms with van der Waals surface area (Å²) < 4.78 is 19.1. The van der Waals surface area contributed by atoms with Crippen LogP contribution in [0.4, 0.5) is 4.79 Å². The van der Waals surface area contributed by atoms with Gasteiger partial charge in [0, 0.05) is 5.56 Å². The molecule has 2 heterocycles. The molecule has 1 unspecified atom stereocenters. The number of ether oxygens (including phenoxy) is 3. The lowest BCUT2D eigenvalue weighted by atomic mass is 9.87. The van der Waals surface area contributed by atoms with Crippen LogP contribution in [0.3, 0.4) is 0 Å². The van der Waals surface area contributed by atoms with Crippen LogP contribution in [0.2, 0.25) is 0 Å². The van der Waals surface area contributed by atoms with Crippen molar-refractivity contribution in [2.45, 2.75) is 60.0 Å². The van der Waals surface area contributed by atoms with E-state index in [2.05, 4.69) is 52.9 Å². The molecule has 0 spiro atoms. The Morgan fingerprint density at radius 3 is 2.50 bits per heavy atom. The van der Waals surface area contributed by atoms with E-state index in [0.29, 0.717) is 18.1 Å². The zero-order valence-corrected chi connectivity index (χ0v) is 24.7. The Hall–Kier alpha value is -3.71. The molecule has 2 amide bonds. The Morgan fingerprint density at radius 1 is 1.02 bits per heavy atom. The molecule has 2 aliphatic rings. The molecule has 0 radical (unpaired) electrons. The zero-order chi connectivity index (χ0) is 28.6. The Labute approximate surface area is 239 Å². The van der Waals surface area contributed by atoms with Gasteiger partial charge in [-0.25, -0.2) is 0 Å². The van der Waals surface area contributed by atoms with Gasteiger partial charge in [0.1, 0.15) is 36.1 Å². The number of rotatable bonds is 7. The second-order valence-corrected chi connectivity index (χ2v) is 12.1. The molecule has 0 aliphatic carbocycles. The number of amides is 2. The molecular formula is C33H35NO5S. The Morgan fingerprint density at radius 2 is 1.77 bits per heavy atom. The van der Waals surface area contributed by atoms with E-state index in [4.69, 9.17) is 14.2 Å². The van der Waals surface area contributed by atoms with E-state index in [1.807, 2.05) is 36.4 Å². The molecule has 7 heteroatoms. The van der Waals surface area contributed by atoms with Gasteiger partial charge in [0.15, 0.2) is 0 Å². The number of allylic oxidation sites excluding steroid dienone is 1. The molecule has 0 saturated carbocycles. The summed E-state index contributed by atoms with van der Waals surface area (Å²) in [6.45, 7) is 13.6. The van der Waals surface area contributed by atoms with Gasteiger partial charge < -0.3 is 14.2 Å². The molecule has 5 rings (SSSR count). The molecule has 1 N–H and O–H groups in total. The average molecular weight is 558 g/mol. The van der Waals surface area contributed by atoms with Gasteiger partial charge in [-0.2, -0.15) is 0 Å². The smallest absolute Gasteiger partial charge is 0.290 e. The van der Waals surface area contributed by atoms with E-state index < -0.39 is 5.60 Å². The van der Waals surface area contributed by atoms with Crippen molar-refractivity contribution < 1.29 is 23.8 Å². The Balaban J connectivity index is 1.29. The third-order valence-corrected chi connectivity index (χ3v) is 8.41. The summed E-state index contributed by atoms with van der Waals surface area (Å²) in [5.74, 6) is 2.34. The summed E-state index contributed by atoms with van der Waals surface area (Å²) in [5.41, 5.74) is 6.27. The fraction of sp³-hybridized carbons (Fsp3) is 0.333. The molecule has 3 aromatic rings. The lowest BCUT2D eigenvalue weighted by Gasteiger charge is -2.38. The summed E-state index contributed by atoms with van der Waals surface area (Å²) in [4.78, 5) is 23.7. The molecular weight excluding hydrogens is 522 g/mol. The molecule has 40 heavy (non-hydrogen) atoms. The molecule has 208 valence electrons. The minimum Gasteiger partial charge on any atom is -0.489 e. The van der Waals surface area contributed by atoms with Crippen LogP contribution in [0, 0.1) is 20.8 Å². The van der Waals surface area contributed by atoms with E-state index in [-0.39, 0.29) is 11.1 Å². The SMILES string of the molecule is CC(C)=CCOc1c(C)c(C)c2c(c1C)CCC(C)(COc1ccc3cc(C=C4SC(=O)NC4=O)ccc3c1)O2. The summed E-state index contributed by atoms with van der Waals surface area (Å²) in [6, 6.07) is 11.9. The molecule has 1 atom stereocenters. The van der Waals surface area contributed by atoms with Gasteiger partial charge in [0.25, 0.3) is 11.1 Å². The highest BCUT2D eigenvalue weighted by Gasteiger charge is 2.35. The quantitative estimate of drug-likeness (QED) is 0.238. The van der Waals surface area contributed by atoms with Crippen LogP contribution in [0.1, 0.15) is 55.0 Å². The molecule has 2 aliphatic heterocycles.